The van der Waals surface area contributed by atoms with E-state index in [-0.39, 0.29) is 0 Å². The van der Waals surface area contributed by atoms with Gasteiger partial charge in [0.25, 0.3) is 0 Å². The molecule has 18 heavy (non-hydrogen) atoms. The van der Waals surface area contributed by atoms with Crippen molar-refractivity contribution in [3.05, 3.63) is 23.4 Å². The molecule has 0 aromatic carbocycles. The molecule has 1 aromatic rings. The molecule has 0 amide bonds. The first-order valence-corrected chi connectivity index (χ1v) is 7.05. The Morgan fingerprint density at radius 2 is 2.22 bits per heavy atom. The third-order valence-electron chi connectivity index (χ3n) is 3.66. The van der Waals surface area contributed by atoms with Crippen LogP contribution in [0.15, 0.2) is 12.1 Å². The molecule has 0 atom stereocenters. The smallest absolute Gasteiger partial charge is 0.139 e. The molecule has 0 bridgehead atoms. The second kappa shape index (κ2) is 5.65. The Balaban J connectivity index is 2.26. The molecule has 1 heterocycles. The third-order valence-corrected chi connectivity index (χ3v) is 3.88. The van der Waals surface area contributed by atoms with Gasteiger partial charge in [0.1, 0.15) is 10.8 Å². The van der Waals surface area contributed by atoms with Crippen molar-refractivity contribution in [2.24, 2.45) is 11.7 Å². The molecule has 2 rings (SSSR count). The minimum absolute atomic E-state index is 0.435. The average Bonchev–Trinajstić information content (AvgIpc) is 2.27. The molecule has 1 aromatic heterocycles. The lowest BCUT2D eigenvalue weighted by molar-refractivity contribution is 0.318. The Labute approximate surface area is 114 Å². The number of hydrogen-bond donors (Lipinski definition) is 1. The van der Waals surface area contributed by atoms with E-state index in [9.17, 15) is 0 Å². The molecule has 4 heteroatoms. The molecular weight excluding hydrogens is 242 g/mol. The number of thiocarbonyl (C=S) groups is 1. The van der Waals surface area contributed by atoms with Crippen LogP contribution in [0.2, 0.25) is 0 Å². The SMILES string of the molecule is CCN(CC1CCC1)c1nc(C)ccc1C(N)=S. The van der Waals surface area contributed by atoms with Crippen LogP contribution < -0.4 is 10.6 Å². The minimum atomic E-state index is 0.435. The summed E-state index contributed by atoms with van der Waals surface area (Å²) < 4.78 is 0. The van der Waals surface area contributed by atoms with E-state index in [1.165, 1.54) is 19.3 Å². The minimum Gasteiger partial charge on any atom is -0.389 e. The fraction of sp³-hybridized carbons (Fsp3) is 0.571. The monoisotopic (exact) mass is 263 g/mol. The number of nitrogens with zero attached hydrogens (tertiary/aromatic N) is 2. The molecule has 2 N–H and O–H groups in total. The second-order valence-electron chi connectivity index (χ2n) is 5.02. The van der Waals surface area contributed by atoms with E-state index < -0.39 is 0 Å². The molecule has 98 valence electrons. The molecule has 0 radical (unpaired) electrons. The number of nitrogens with two attached hydrogens (primary N) is 1. The van der Waals surface area contributed by atoms with Crippen molar-refractivity contribution in [3.63, 3.8) is 0 Å². The molecular formula is C14H21N3S. The predicted molar refractivity (Wildman–Crippen MR) is 80.1 cm³/mol. The first kappa shape index (κ1) is 13.3. The summed E-state index contributed by atoms with van der Waals surface area (Å²) in [5.74, 6) is 1.77. The molecule has 0 aliphatic heterocycles. The third kappa shape index (κ3) is 2.80. The zero-order valence-electron chi connectivity index (χ0n) is 11.1. The number of anilines is 1. The Kier molecular flexibility index (Phi) is 4.17. The number of rotatable bonds is 5. The molecule has 1 fully saturated rings. The maximum Gasteiger partial charge on any atom is 0.139 e. The summed E-state index contributed by atoms with van der Waals surface area (Å²) in [6.45, 7) is 6.18. The van der Waals surface area contributed by atoms with Gasteiger partial charge in [-0.3, -0.25) is 0 Å². The van der Waals surface area contributed by atoms with Gasteiger partial charge in [-0.2, -0.15) is 0 Å². The second-order valence-corrected chi connectivity index (χ2v) is 5.46. The van der Waals surface area contributed by atoms with Gasteiger partial charge in [0.15, 0.2) is 0 Å². The molecule has 1 aliphatic rings. The van der Waals surface area contributed by atoms with Crippen molar-refractivity contribution in [1.29, 1.82) is 0 Å². The van der Waals surface area contributed by atoms with E-state index in [1.54, 1.807) is 0 Å². The average molecular weight is 263 g/mol. The van der Waals surface area contributed by atoms with Crippen LogP contribution >= 0.6 is 12.2 Å². The Morgan fingerprint density at radius 1 is 1.50 bits per heavy atom. The van der Waals surface area contributed by atoms with Crippen molar-refractivity contribution in [3.8, 4) is 0 Å². The van der Waals surface area contributed by atoms with Crippen LogP contribution in [0.4, 0.5) is 5.82 Å². The van der Waals surface area contributed by atoms with Gasteiger partial charge in [0.2, 0.25) is 0 Å². The fourth-order valence-electron chi connectivity index (χ4n) is 2.33. The van der Waals surface area contributed by atoms with E-state index in [2.05, 4.69) is 16.8 Å². The van der Waals surface area contributed by atoms with Crippen LogP contribution in [-0.2, 0) is 0 Å². The molecule has 1 aliphatic carbocycles. The Hall–Kier alpha value is -1.16. The highest BCUT2D eigenvalue weighted by Gasteiger charge is 2.22. The van der Waals surface area contributed by atoms with E-state index >= 15 is 0 Å². The largest absolute Gasteiger partial charge is 0.389 e. The van der Waals surface area contributed by atoms with Gasteiger partial charge in [-0.25, -0.2) is 4.98 Å². The van der Waals surface area contributed by atoms with Crippen LogP contribution in [0.5, 0.6) is 0 Å². The maximum absolute atomic E-state index is 5.80. The lowest BCUT2D eigenvalue weighted by atomic mass is 9.85. The molecule has 0 unspecified atom stereocenters. The van der Waals surface area contributed by atoms with Gasteiger partial charge < -0.3 is 10.6 Å². The lowest BCUT2D eigenvalue weighted by Gasteiger charge is -2.33. The summed E-state index contributed by atoms with van der Waals surface area (Å²) in [5.41, 5.74) is 7.71. The van der Waals surface area contributed by atoms with Gasteiger partial charge >= 0.3 is 0 Å². The zero-order valence-corrected chi connectivity index (χ0v) is 12.0. The summed E-state index contributed by atoms with van der Waals surface area (Å²) >= 11 is 5.13. The normalized spacial score (nSPS) is 15.2. The maximum atomic E-state index is 5.80. The van der Waals surface area contributed by atoms with Crippen LogP contribution in [-0.4, -0.2) is 23.1 Å². The van der Waals surface area contributed by atoms with E-state index in [0.29, 0.717) is 4.99 Å². The summed E-state index contributed by atoms with van der Waals surface area (Å²) in [4.78, 5) is 7.38. The van der Waals surface area contributed by atoms with Gasteiger partial charge in [0, 0.05) is 18.8 Å². The van der Waals surface area contributed by atoms with Gasteiger partial charge in [-0.15, -0.1) is 0 Å². The summed E-state index contributed by atoms with van der Waals surface area (Å²) in [5, 5.41) is 0. The Morgan fingerprint density at radius 3 is 2.72 bits per heavy atom. The summed E-state index contributed by atoms with van der Waals surface area (Å²) in [7, 11) is 0. The van der Waals surface area contributed by atoms with Gasteiger partial charge in [-0.1, -0.05) is 18.6 Å². The highest BCUT2D eigenvalue weighted by atomic mass is 32.1. The van der Waals surface area contributed by atoms with E-state index in [0.717, 1.165) is 36.1 Å². The zero-order chi connectivity index (χ0) is 13.1. The van der Waals surface area contributed by atoms with Crippen molar-refractivity contribution >= 4 is 23.0 Å². The fourth-order valence-corrected chi connectivity index (χ4v) is 2.49. The van der Waals surface area contributed by atoms with Crippen molar-refractivity contribution in [2.45, 2.75) is 33.1 Å². The van der Waals surface area contributed by atoms with Crippen LogP contribution in [0.25, 0.3) is 0 Å². The predicted octanol–water partition coefficient (Wildman–Crippen LogP) is 2.65. The molecule has 0 spiro atoms. The first-order valence-electron chi connectivity index (χ1n) is 6.64. The topological polar surface area (TPSA) is 42.2 Å². The molecule has 1 saturated carbocycles. The number of hydrogen-bond acceptors (Lipinski definition) is 3. The lowest BCUT2D eigenvalue weighted by Crippen LogP contribution is -2.34. The van der Waals surface area contributed by atoms with Crippen LogP contribution in [0.1, 0.15) is 37.4 Å². The number of aromatic nitrogens is 1. The Bertz CT molecular complexity index is 441. The van der Waals surface area contributed by atoms with Gasteiger partial charge in [0.05, 0.1) is 5.56 Å². The van der Waals surface area contributed by atoms with Gasteiger partial charge in [-0.05, 0) is 44.7 Å². The van der Waals surface area contributed by atoms with E-state index in [1.807, 2.05) is 19.1 Å². The standard InChI is InChI=1S/C14H21N3S/c1-3-17(9-11-5-4-6-11)14-12(13(15)18)8-7-10(2)16-14/h7-8,11H,3-6,9H2,1-2H3,(H2,15,18). The highest BCUT2D eigenvalue weighted by molar-refractivity contribution is 7.80. The molecule has 3 nitrogen and oxygen atoms in total. The number of aryl methyl sites for hydroxylation is 1. The first-order chi connectivity index (χ1) is 8.61. The van der Waals surface area contributed by atoms with Crippen molar-refractivity contribution in [1.82, 2.24) is 4.98 Å². The van der Waals surface area contributed by atoms with Crippen LogP contribution in [0.3, 0.4) is 0 Å². The molecule has 0 saturated heterocycles. The highest BCUT2D eigenvalue weighted by Crippen LogP contribution is 2.29. The summed E-state index contributed by atoms with van der Waals surface area (Å²) in [6, 6.07) is 3.96. The quantitative estimate of drug-likeness (QED) is 0.829. The number of pyridine rings is 1. The summed E-state index contributed by atoms with van der Waals surface area (Å²) in [6.07, 6.45) is 4.04. The van der Waals surface area contributed by atoms with Crippen LogP contribution in [0, 0.1) is 12.8 Å². The van der Waals surface area contributed by atoms with E-state index in [4.69, 9.17) is 18.0 Å². The van der Waals surface area contributed by atoms with Crippen molar-refractivity contribution in [2.75, 3.05) is 18.0 Å². The van der Waals surface area contributed by atoms with Crippen molar-refractivity contribution < 1.29 is 0 Å².